The molecule has 1 aliphatic rings. The Morgan fingerprint density at radius 2 is 2.26 bits per heavy atom. The average Bonchev–Trinajstić information content (AvgIpc) is 2.86. The number of benzene rings is 1. The molecule has 23 heavy (non-hydrogen) atoms. The number of carbonyl (C=O) groups excluding carboxylic acids is 1. The predicted molar refractivity (Wildman–Crippen MR) is 91.7 cm³/mol. The minimum Gasteiger partial charge on any atom is -0.298 e. The maximum Gasteiger partial charge on any atom is 0.167 e. The average molecular weight is 332 g/mol. The molecule has 0 spiro atoms. The van der Waals surface area contributed by atoms with Crippen molar-refractivity contribution in [2.24, 2.45) is 13.0 Å². The molecule has 5 heteroatoms. The van der Waals surface area contributed by atoms with Crippen molar-refractivity contribution in [2.75, 3.05) is 13.1 Å². The van der Waals surface area contributed by atoms with Gasteiger partial charge < -0.3 is 0 Å². The molecule has 0 amide bonds. The van der Waals surface area contributed by atoms with Crippen LogP contribution in [0.3, 0.4) is 0 Å². The summed E-state index contributed by atoms with van der Waals surface area (Å²) in [6.07, 6.45) is 3.93. The fourth-order valence-electron chi connectivity index (χ4n) is 3.23. The summed E-state index contributed by atoms with van der Waals surface area (Å²) in [7, 11) is 1.96. The summed E-state index contributed by atoms with van der Waals surface area (Å²) in [4.78, 5) is 15.1. The van der Waals surface area contributed by atoms with Crippen LogP contribution in [0.2, 0.25) is 5.02 Å². The van der Waals surface area contributed by atoms with Gasteiger partial charge in [-0.3, -0.25) is 14.4 Å². The summed E-state index contributed by atoms with van der Waals surface area (Å²) in [6, 6.07) is 7.28. The highest BCUT2D eigenvalue weighted by atomic mass is 35.5. The molecule has 0 unspecified atom stereocenters. The van der Waals surface area contributed by atoms with Gasteiger partial charge in [0, 0.05) is 47.9 Å². The molecule has 2 aromatic rings. The van der Waals surface area contributed by atoms with Gasteiger partial charge in [0.1, 0.15) is 0 Å². The Hall–Kier alpha value is -1.65. The lowest BCUT2D eigenvalue weighted by atomic mass is 9.90. The number of Topliss-reactive ketones (excluding diaryl/α,β-unsaturated/α-hetero) is 1. The maximum absolute atomic E-state index is 12.7. The summed E-state index contributed by atoms with van der Waals surface area (Å²) >= 11 is 6.01. The summed E-state index contributed by atoms with van der Waals surface area (Å²) in [5.41, 5.74) is 3.15. The van der Waals surface area contributed by atoms with Crippen LogP contribution in [0, 0.1) is 12.8 Å². The van der Waals surface area contributed by atoms with E-state index in [9.17, 15) is 4.79 Å². The first-order chi connectivity index (χ1) is 11.0. The Kier molecular flexibility index (Phi) is 4.83. The number of aromatic nitrogens is 2. The smallest absolute Gasteiger partial charge is 0.167 e. The largest absolute Gasteiger partial charge is 0.298 e. The minimum absolute atomic E-state index is 0.0548. The second kappa shape index (κ2) is 6.85. The number of aryl methyl sites for hydroxylation is 1. The zero-order valence-corrected chi connectivity index (χ0v) is 14.4. The van der Waals surface area contributed by atoms with Gasteiger partial charge in [0.25, 0.3) is 0 Å². The zero-order chi connectivity index (χ0) is 16.4. The number of likely N-dealkylation sites (tertiary alicyclic amines) is 1. The van der Waals surface area contributed by atoms with E-state index in [1.807, 2.05) is 30.1 Å². The first-order valence-corrected chi connectivity index (χ1v) is 8.42. The molecule has 0 radical (unpaired) electrons. The van der Waals surface area contributed by atoms with Crippen LogP contribution < -0.4 is 0 Å². The highest BCUT2D eigenvalue weighted by Gasteiger charge is 2.27. The molecule has 1 fully saturated rings. The van der Waals surface area contributed by atoms with E-state index in [1.165, 1.54) is 11.3 Å². The lowest BCUT2D eigenvalue weighted by molar-refractivity contribution is 0.0811. The molecule has 122 valence electrons. The van der Waals surface area contributed by atoms with Gasteiger partial charge in [-0.15, -0.1) is 0 Å². The van der Waals surface area contributed by atoms with Crippen molar-refractivity contribution in [3.05, 3.63) is 52.3 Å². The van der Waals surface area contributed by atoms with Gasteiger partial charge in [-0.2, -0.15) is 5.10 Å². The second-order valence-electron chi connectivity index (χ2n) is 6.33. The van der Waals surface area contributed by atoms with Gasteiger partial charge in [0.05, 0.1) is 6.20 Å². The van der Waals surface area contributed by atoms with Gasteiger partial charge >= 0.3 is 0 Å². The molecular formula is C18H22ClN3O. The Morgan fingerprint density at radius 3 is 2.96 bits per heavy atom. The molecule has 3 rings (SSSR count). The van der Waals surface area contributed by atoms with Crippen molar-refractivity contribution in [3.8, 4) is 0 Å². The van der Waals surface area contributed by atoms with Crippen molar-refractivity contribution in [2.45, 2.75) is 26.3 Å². The predicted octanol–water partition coefficient (Wildman–Crippen LogP) is 3.48. The number of piperidine rings is 1. The number of ketones is 1. The third-order valence-corrected chi connectivity index (χ3v) is 4.95. The fourth-order valence-corrected chi connectivity index (χ4v) is 3.42. The Morgan fingerprint density at radius 1 is 1.43 bits per heavy atom. The van der Waals surface area contributed by atoms with E-state index in [2.05, 4.69) is 16.9 Å². The standard InChI is InChI=1S/C18H22ClN3O/c1-13-16(10-20-21(13)2)12-22-8-4-6-15(11-22)18(23)14-5-3-7-17(19)9-14/h3,5,7,9-10,15H,4,6,8,11-12H2,1-2H3/t15-/m0/s1. The molecule has 0 saturated carbocycles. The molecule has 1 atom stereocenters. The van der Waals surface area contributed by atoms with E-state index >= 15 is 0 Å². The molecule has 1 aromatic carbocycles. The normalized spacial score (nSPS) is 19.0. The number of hydrogen-bond donors (Lipinski definition) is 0. The lowest BCUT2D eigenvalue weighted by Crippen LogP contribution is -2.38. The van der Waals surface area contributed by atoms with E-state index < -0.39 is 0 Å². The first-order valence-electron chi connectivity index (χ1n) is 8.04. The Balaban J connectivity index is 1.68. The van der Waals surface area contributed by atoms with E-state index in [4.69, 9.17) is 11.6 Å². The summed E-state index contributed by atoms with van der Waals surface area (Å²) in [5, 5.41) is 4.92. The summed E-state index contributed by atoms with van der Waals surface area (Å²) < 4.78 is 1.90. The van der Waals surface area contributed by atoms with Crippen LogP contribution >= 0.6 is 11.6 Å². The summed E-state index contributed by atoms with van der Waals surface area (Å²) in [6.45, 7) is 4.78. The monoisotopic (exact) mass is 331 g/mol. The zero-order valence-electron chi connectivity index (χ0n) is 13.6. The number of carbonyl (C=O) groups is 1. The topological polar surface area (TPSA) is 38.1 Å². The molecule has 4 nitrogen and oxygen atoms in total. The molecule has 1 saturated heterocycles. The van der Waals surface area contributed by atoms with Crippen LogP contribution in [0.15, 0.2) is 30.5 Å². The fraction of sp³-hybridized carbons (Fsp3) is 0.444. The van der Waals surface area contributed by atoms with Crippen molar-refractivity contribution in [1.82, 2.24) is 14.7 Å². The summed E-state index contributed by atoms with van der Waals surface area (Å²) in [5.74, 6) is 0.263. The third-order valence-electron chi connectivity index (χ3n) is 4.72. The maximum atomic E-state index is 12.7. The highest BCUT2D eigenvalue weighted by Crippen LogP contribution is 2.24. The van der Waals surface area contributed by atoms with Crippen LogP contribution in [-0.2, 0) is 13.6 Å². The molecule has 1 aromatic heterocycles. The van der Waals surface area contributed by atoms with E-state index in [-0.39, 0.29) is 11.7 Å². The van der Waals surface area contributed by atoms with Gasteiger partial charge in [0.15, 0.2) is 5.78 Å². The van der Waals surface area contributed by atoms with Gasteiger partial charge in [-0.05, 0) is 38.4 Å². The molecule has 0 bridgehead atoms. The number of nitrogens with zero attached hydrogens (tertiary/aromatic N) is 3. The van der Waals surface area contributed by atoms with E-state index in [0.717, 1.165) is 38.0 Å². The van der Waals surface area contributed by atoms with Crippen molar-refractivity contribution in [1.29, 1.82) is 0 Å². The first kappa shape index (κ1) is 16.2. The molecular weight excluding hydrogens is 310 g/mol. The van der Waals surface area contributed by atoms with Crippen molar-refractivity contribution in [3.63, 3.8) is 0 Å². The number of hydrogen-bond acceptors (Lipinski definition) is 3. The van der Waals surface area contributed by atoms with Crippen LogP contribution in [0.5, 0.6) is 0 Å². The van der Waals surface area contributed by atoms with Gasteiger partial charge in [0.2, 0.25) is 0 Å². The van der Waals surface area contributed by atoms with E-state index in [1.54, 1.807) is 12.1 Å². The Labute approximate surface area is 142 Å². The van der Waals surface area contributed by atoms with Crippen LogP contribution in [0.25, 0.3) is 0 Å². The van der Waals surface area contributed by atoms with Crippen LogP contribution in [0.4, 0.5) is 0 Å². The van der Waals surface area contributed by atoms with Gasteiger partial charge in [-0.25, -0.2) is 0 Å². The number of halogens is 1. The van der Waals surface area contributed by atoms with Gasteiger partial charge in [-0.1, -0.05) is 23.7 Å². The van der Waals surface area contributed by atoms with Crippen LogP contribution in [0.1, 0.15) is 34.5 Å². The Bertz CT molecular complexity index is 710. The quantitative estimate of drug-likeness (QED) is 0.805. The van der Waals surface area contributed by atoms with Crippen molar-refractivity contribution >= 4 is 17.4 Å². The number of rotatable bonds is 4. The lowest BCUT2D eigenvalue weighted by Gasteiger charge is -2.32. The minimum atomic E-state index is 0.0548. The van der Waals surface area contributed by atoms with Crippen LogP contribution in [-0.4, -0.2) is 33.6 Å². The molecule has 2 heterocycles. The highest BCUT2D eigenvalue weighted by molar-refractivity contribution is 6.31. The second-order valence-corrected chi connectivity index (χ2v) is 6.76. The molecule has 1 aliphatic heterocycles. The third kappa shape index (κ3) is 3.65. The van der Waals surface area contributed by atoms with Crippen molar-refractivity contribution < 1.29 is 4.79 Å². The SMILES string of the molecule is Cc1c(CN2CCC[C@H](C(=O)c3cccc(Cl)c3)C2)cnn1C. The molecule has 0 aliphatic carbocycles. The van der Waals surface area contributed by atoms with E-state index in [0.29, 0.717) is 5.02 Å². The molecule has 0 N–H and O–H groups in total.